The Morgan fingerprint density at radius 3 is 2.48 bits per heavy atom. The van der Waals surface area contributed by atoms with E-state index in [4.69, 9.17) is 21.7 Å². The summed E-state index contributed by atoms with van der Waals surface area (Å²) in [5, 5.41) is 9.68. The van der Waals surface area contributed by atoms with Crippen molar-refractivity contribution in [2.75, 3.05) is 25.8 Å². The van der Waals surface area contributed by atoms with Crippen molar-refractivity contribution in [3.63, 3.8) is 0 Å². The molecule has 0 saturated heterocycles. The Bertz CT molecular complexity index is 958. The van der Waals surface area contributed by atoms with Crippen molar-refractivity contribution in [2.24, 2.45) is 0 Å². The Labute approximate surface area is 180 Å². The van der Waals surface area contributed by atoms with E-state index in [1.54, 1.807) is 44.2 Å². The molecule has 1 atom stereocenters. The van der Waals surface area contributed by atoms with Crippen LogP contribution in [0.1, 0.15) is 18.5 Å². The van der Waals surface area contributed by atoms with Gasteiger partial charge in [-0.2, -0.15) is 0 Å². The molecule has 1 aliphatic rings. The van der Waals surface area contributed by atoms with Crippen LogP contribution < -0.4 is 25.4 Å². The number of nitrogens with one attached hydrogen (secondary N) is 3. The molecule has 0 fully saturated rings. The highest BCUT2D eigenvalue weighted by molar-refractivity contribution is 7.98. The first-order valence-electron chi connectivity index (χ1n) is 8.92. The van der Waals surface area contributed by atoms with E-state index < -0.39 is 0 Å². The monoisotopic (exact) mass is 429 g/mol. The van der Waals surface area contributed by atoms with Crippen molar-refractivity contribution in [3.05, 3.63) is 59.3 Å². The lowest BCUT2D eigenvalue weighted by molar-refractivity contribution is -0.113. The van der Waals surface area contributed by atoms with E-state index in [1.807, 2.05) is 37.4 Å². The number of carbonyl (C=O) groups is 1. The lowest BCUT2D eigenvalue weighted by Crippen LogP contribution is -2.45. The normalized spacial score (nSPS) is 16.0. The van der Waals surface area contributed by atoms with Gasteiger partial charge in [0.15, 0.2) is 5.11 Å². The van der Waals surface area contributed by atoms with E-state index >= 15 is 0 Å². The van der Waals surface area contributed by atoms with Crippen molar-refractivity contribution in [3.8, 4) is 11.5 Å². The van der Waals surface area contributed by atoms with Gasteiger partial charge in [0.2, 0.25) is 0 Å². The Hall–Kier alpha value is -2.71. The number of anilines is 1. The molecule has 29 heavy (non-hydrogen) atoms. The second-order valence-corrected chi connectivity index (χ2v) is 7.65. The number of carbonyl (C=O) groups excluding carboxylic acids is 1. The zero-order chi connectivity index (χ0) is 21.0. The second kappa shape index (κ2) is 9.19. The molecule has 0 spiro atoms. The molecule has 0 bridgehead atoms. The number of hydrogen-bond acceptors (Lipinski definition) is 5. The van der Waals surface area contributed by atoms with Crippen LogP contribution in [0.4, 0.5) is 5.69 Å². The van der Waals surface area contributed by atoms with Crippen LogP contribution in [0.15, 0.2) is 58.6 Å². The van der Waals surface area contributed by atoms with Gasteiger partial charge in [0.05, 0.1) is 31.5 Å². The minimum atomic E-state index is -0.365. The van der Waals surface area contributed by atoms with Gasteiger partial charge < -0.3 is 25.4 Å². The molecule has 152 valence electrons. The van der Waals surface area contributed by atoms with Gasteiger partial charge in [-0.15, -0.1) is 11.8 Å². The Balaban J connectivity index is 1.95. The van der Waals surface area contributed by atoms with Gasteiger partial charge in [-0.25, -0.2) is 0 Å². The Morgan fingerprint density at radius 1 is 1.14 bits per heavy atom. The van der Waals surface area contributed by atoms with Gasteiger partial charge in [-0.1, -0.05) is 12.1 Å². The molecule has 0 aliphatic carbocycles. The predicted octanol–water partition coefficient (Wildman–Crippen LogP) is 3.86. The number of hydrogen-bond donors (Lipinski definition) is 3. The number of allylic oxidation sites excluding steroid dienone is 1. The topological polar surface area (TPSA) is 71.6 Å². The number of benzene rings is 2. The highest BCUT2D eigenvalue weighted by atomic mass is 32.2. The van der Waals surface area contributed by atoms with E-state index in [9.17, 15) is 4.79 Å². The Morgan fingerprint density at radius 2 is 1.86 bits per heavy atom. The van der Waals surface area contributed by atoms with Gasteiger partial charge in [-0.05, 0) is 55.2 Å². The molecule has 0 radical (unpaired) electrons. The SMILES string of the molecule is COc1ccc(OC)c(NC(=O)C2=C(C)NC(=S)N[C@H]2c2ccc(SC)cc2)c1. The van der Waals surface area contributed by atoms with E-state index in [2.05, 4.69) is 16.0 Å². The molecule has 0 saturated carbocycles. The fourth-order valence-electron chi connectivity index (χ4n) is 3.14. The summed E-state index contributed by atoms with van der Waals surface area (Å²) in [6, 6.07) is 13.0. The van der Waals surface area contributed by atoms with Crippen LogP contribution in [0.3, 0.4) is 0 Å². The second-order valence-electron chi connectivity index (χ2n) is 6.36. The van der Waals surface area contributed by atoms with Crippen molar-refractivity contribution in [1.29, 1.82) is 0 Å². The fourth-order valence-corrected chi connectivity index (χ4v) is 3.82. The first-order valence-corrected chi connectivity index (χ1v) is 10.6. The molecule has 2 aromatic rings. The lowest BCUT2D eigenvalue weighted by atomic mass is 9.95. The molecule has 1 aliphatic heterocycles. The molecule has 1 amide bonds. The highest BCUT2D eigenvalue weighted by Crippen LogP contribution is 2.32. The number of thioether (sulfide) groups is 1. The molecule has 6 nitrogen and oxygen atoms in total. The molecule has 1 heterocycles. The van der Waals surface area contributed by atoms with E-state index in [0.29, 0.717) is 33.6 Å². The van der Waals surface area contributed by atoms with Gasteiger partial charge in [0, 0.05) is 16.7 Å². The summed E-state index contributed by atoms with van der Waals surface area (Å²) in [5.41, 5.74) is 2.74. The summed E-state index contributed by atoms with van der Waals surface area (Å²) in [5.74, 6) is 0.915. The quantitative estimate of drug-likeness (QED) is 0.476. The highest BCUT2D eigenvalue weighted by Gasteiger charge is 2.30. The largest absolute Gasteiger partial charge is 0.497 e. The van der Waals surface area contributed by atoms with Crippen molar-refractivity contribution in [1.82, 2.24) is 10.6 Å². The third-order valence-corrected chi connectivity index (χ3v) is 5.58. The van der Waals surface area contributed by atoms with Gasteiger partial charge in [0.1, 0.15) is 11.5 Å². The molecule has 8 heteroatoms. The maximum absolute atomic E-state index is 13.3. The summed E-state index contributed by atoms with van der Waals surface area (Å²) < 4.78 is 10.6. The molecular formula is C21H23N3O3S2. The lowest BCUT2D eigenvalue weighted by Gasteiger charge is -2.30. The minimum absolute atomic E-state index is 0.254. The van der Waals surface area contributed by atoms with Crippen molar-refractivity contribution < 1.29 is 14.3 Å². The summed E-state index contributed by atoms with van der Waals surface area (Å²) in [7, 11) is 3.13. The Kier molecular flexibility index (Phi) is 6.66. The van der Waals surface area contributed by atoms with Crippen LogP contribution in [0.2, 0.25) is 0 Å². The maximum atomic E-state index is 13.3. The zero-order valence-electron chi connectivity index (χ0n) is 16.7. The first-order chi connectivity index (χ1) is 14.0. The van der Waals surface area contributed by atoms with Gasteiger partial charge >= 0.3 is 0 Å². The number of thiocarbonyl (C=S) groups is 1. The van der Waals surface area contributed by atoms with Gasteiger partial charge in [0.25, 0.3) is 5.91 Å². The first kappa shape index (κ1) is 21.0. The summed E-state index contributed by atoms with van der Waals surface area (Å²) in [6.45, 7) is 1.84. The fraction of sp³-hybridized carbons (Fsp3) is 0.238. The van der Waals surface area contributed by atoms with E-state index in [-0.39, 0.29) is 11.9 Å². The average molecular weight is 430 g/mol. The predicted molar refractivity (Wildman–Crippen MR) is 121 cm³/mol. The van der Waals surface area contributed by atoms with Crippen LogP contribution in [-0.4, -0.2) is 31.5 Å². The summed E-state index contributed by atoms with van der Waals surface area (Å²) in [6.07, 6.45) is 2.03. The molecule has 2 aromatic carbocycles. The number of methoxy groups -OCH3 is 2. The molecule has 0 unspecified atom stereocenters. The van der Waals surface area contributed by atoms with E-state index in [0.717, 1.165) is 10.5 Å². The third-order valence-electron chi connectivity index (χ3n) is 4.62. The van der Waals surface area contributed by atoms with Crippen LogP contribution >= 0.6 is 24.0 Å². The standard InChI is InChI=1S/C21H23N3O3S2/c1-12-18(20(25)23-16-11-14(26-2)7-10-17(16)27-3)19(24-21(28)22-12)13-5-8-15(29-4)9-6-13/h5-11,19H,1-4H3,(H,23,25)(H2,22,24,28)/t19-/m0/s1. The molecular weight excluding hydrogens is 406 g/mol. The summed E-state index contributed by atoms with van der Waals surface area (Å²) in [4.78, 5) is 14.4. The third kappa shape index (κ3) is 4.65. The minimum Gasteiger partial charge on any atom is -0.497 e. The summed E-state index contributed by atoms with van der Waals surface area (Å²) >= 11 is 6.99. The number of ether oxygens (including phenoxy) is 2. The van der Waals surface area contributed by atoms with E-state index in [1.165, 1.54) is 0 Å². The number of rotatable bonds is 6. The molecule has 0 aromatic heterocycles. The van der Waals surface area contributed by atoms with Crippen LogP contribution in [-0.2, 0) is 4.79 Å². The smallest absolute Gasteiger partial charge is 0.255 e. The molecule has 3 N–H and O–H groups in total. The zero-order valence-corrected chi connectivity index (χ0v) is 18.3. The van der Waals surface area contributed by atoms with Crippen molar-refractivity contribution >= 4 is 40.7 Å². The van der Waals surface area contributed by atoms with Crippen LogP contribution in [0, 0.1) is 0 Å². The van der Waals surface area contributed by atoms with Crippen LogP contribution in [0.5, 0.6) is 11.5 Å². The van der Waals surface area contributed by atoms with Gasteiger partial charge in [-0.3, -0.25) is 4.79 Å². The average Bonchev–Trinajstić information content (AvgIpc) is 2.73. The molecule has 3 rings (SSSR count). The number of amides is 1. The maximum Gasteiger partial charge on any atom is 0.255 e. The van der Waals surface area contributed by atoms with Crippen LogP contribution in [0.25, 0.3) is 0 Å². The van der Waals surface area contributed by atoms with Crippen molar-refractivity contribution in [2.45, 2.75) is 17.9 Å².